The summed E-state index contributed by atoms with van der Waals surface area (Å²) in [5, 5.41) is 6.68. The summed E-state index contributed by atoms with van der Waals surface area (Å²) in [6.07, 6.45) is 5.55. The number of halogens is 1. The second kappa shape index (κ2) is 9.80. The van der Waals surface area contributed by atoms with Crippen LogP contribution in [0, 0.1) is 11.3 Å². The van der Waals surface area contributed by atoms with Crippen molar-refractivity contribution in [3.8, 4) is 0 Å². The number of aliphatic imine (C=N–C) groups is 1. The summed E-state index contributed by atoms with van der Waals surface area (Å²) in [6, 6.07) is 0. The molecule has 1 fully saturated rings. The Morgan fingerprint density at radius 3 is 2.42 bits per heavy atom. The second-order valence-corrected chi connectivity index (χ2v) is 5.82. The summed E-state index contributed by atoms with van der Waals surface area (Å²) in [6.45, 7) is 7.19. The van der Waals surface area contributed by atoms with Crippen molar-refractivity contribution < 1.29 is 4.74 Å². The maximum Gasteiger partial charge on any atom is 0.191 e. The molecule has 114 valence electrons. The molecule has 0 amide bonds. The summed E-state index contributed by atoms with van der Waals surface area (Å²) in [7, 11) is 3.52. The predicted octanol–water partition coefficient (Wildman–Crippen LogP) is 2.63. The average molecular weight is 383 g/mol. The molecule has 0 aromatic heterocycles. The highest BCUT2D eigenvalue weighted by atomic mass is 127. The van der Waals surface area contributed by atoms with Crippen molar-refractivity contribution in [1.82, 2.24) is 10.6 Å². The summed E-state index contributed by atoms with van der Waals surface area (Å²) in [4.78, 5) is 4.23. The van der Waals surface area contributed by atoms with Crippen molar-refractivity contribution in [2.45, 2.75) is 39.5 Å². The van der Waals surface area contributed by atoms with Gasteiger partial charge < -0.3 is 15.4 Å². The van der Waals surface area contributed by atoms with Crippen molar-refractivity contribution in [1.29, 1.82) is 0 Å². The van der Waals surface area contributed by atoms with Crippen molar-refractivity contribution in [2.75, 3.05) is 33.9 Å². The van der Waals surface area contributed by atoms with E-state index >= 15 is 0 Å². The predicted molar refractivity (Wildman–Crippen MR) is 92.4 cm³/mol. The van der Waals surface area contributed by atoms with Crippen LogP contribution in [-0.2, 0) is 4.74 Å². The first-order chi connectivity index (χ1) is 8.60. The van der Waals surface area contributed by atoms with Crippen molar-refractivity contribution in [3.63, 3.8) is 0 Å². The fourth-order valence-electron chi connectivity index (χ4n) is 2.66. The molecule has 1 aliphatic rings. The highest BCUT2D eigenvalue weighted by Gasteiger charge is 2.31. The van der Waals surface area contributed by atoms with Gasteiger partial charge in [0.2, 0.25) is 0 Å². The molecule has 1 aliphatic carbocycles. The molecular formula is C14H30IN3O. The van der Waals surface area contributed by atoms with Gasteiger partial charge in [0.1, 0.15) is 0 Å². The lowest BCUT2D eigenvalue weighted by Gasteiger charge is -2.32. The van der Waals surface area contributed by atoms with Gasteiger partial charge in [-0.1, -0.05) is 26.7 Å². The molecule has 0 aliphatic heterocycles. The van der Waals surface area contributed by atoms with Crippen LogP contribution < -0.4 is 10.6 Å². The summed E-state index contributed by atoms with van der Waals surface area (Å²) < 4.78 is 5.02. The Labute approximate surface area is 135 Å². The van der Waals surface area contributed by atoms with Crippen molar-refractivity contribution in [3.05, 3.63) is 0 Å². The molecule has 0 heterocycles. The van der Waals surface area contributed by atoms with Gasteiger partial charge in [-0.3, -0.25) is 4.99 Å². The van der Waals surface area contributed by atoms with Gasteiger partial charge in [-0.25, -0.2) is 0 Å². The Morgan fingerprint density at radius 1 is 1.26 bits per heavy atom. The molecule has 0 saturated heterocycles. The van der Waals surface area contributed by atoms with E-state index in [0.717, 1.165) is 25.0 Å². The fourth-order valence-corrected chi connectivity index (χ4v) is 2.66. The van der Waals surface area contributed by atoms with Gasteiger partial charge in [0, 0.05) is 27.2 Å². The number of nitrogens with zero attached hydrogens (tertiary/aromatic N) is 1. The molecule has 0 spiro atoms. The largest absolute Gasteiger partial charge is 0.383 e. The topological polar surface area (TPSA) is 45.7 Å². The van der Waals surface area contributed by atoms with Crippen molar-refractivity contribution >= 4 is 29.9 Å². The quantitative estimate of drug-likeness (QED) is 0.321. The van der Waals surface area contributed by atoms with E-state index in [1.807, 2.05) is 7.05 Å². The molecule has 5 heteroatoms. The Bertz CT molecular complexity index is 263. The Kier molecular flexibility index (Phi) is 9.78. The van der Waals surface area contributed by atoms with Crippen LogP contribution in [0.4, 0.5) is 0 Å². The van der Waals surface area contributed by atoms with Crippen LogP contribution in [0.1, 0.15) is 39.5 Å². The zero-order valence-corrected chi connectivity index (χ0v) is 15.1. The Balaban J connectivity index is 0.00000324. The summed E-state index contributed by atoms with van der Waals surface area (Å²) in [5.74, 6) is 1.72. The third kappa shape index (κ3) is 6.79. The fraction of sp³-hybridized carbons (Fsp3) is 0.929. The SMILES string of the molecule is CN=C(NCCOC)NCC(C)(C)C1CCCC1.I. The van der Waals surface area contributed by atoms with E-state index in [1.54, 1.807) is 7.11 Å². The number of ether oxygens (including phenoxy) is 1. The highest BCUT2D eigenvalue weighted by Crippen LogP contribution is 2.38. The van der Waals surface area contributed by atoms with E-state index < -0.39 is 0 Å². The molecule has 0 radical (unpaired) electrons. The molecule has 0 aromatic rings. The van der Waals surface area contributed by atoms with Crippen LogP contribution in [0.15, 0.2) is 4.99 Å². The number of rotatable bonds is 6. The van der Waals surface area contributed by atoms with Gasteiger partial charge in [-0.15, -0.1) is 24.0 Å². The van der Waals surface area contributed by atoms with E-state index in [1.165, 1.54) is 25.7 Å². The molecule has 4 nitrogen and oxygen atoms in total. The minimum atomic E-state index is 0. The minimum Gasteiger partial charge on any atom is -0.383 e. The number of guanidine groups is 1. The minimum absolute atomic E-state index is 0. The zero-order valence-electron chi connectivity index (χ0n) is 12.8. The van der Waals surface area contributed by atoms with E-state index in [9.17, 15) is 0 Å². The van der Waals surface area contributed by atoms with Crippen LogP contribution in [0.5, 0.6) is 0 Å². The van der Waals surface area contributed by atoms with Crippen LogP contribution in [0.2, 0.25) is 0 Å². The van der Waals surface area contributed by atoms with Crippen LogP contribution in [-0.4, -0.2) is 39.8 Å². The van der Waals surface area contributed by atoms with Crippen LogP contribution in [0.25, 0.3) is 0 Å². The first kappa shape index (κ1) is 19.0. The van der Waals surface area contributed by atoms with Gasteiger partial charge in [-0.05, 0) is 24.2 Å². The lowest BCUT2D eigenvalue weighted by atomic mass is 9.78. The number of hydrogen-bond donors (Lipinski definition) is 2. The third-order valence-electron chi connectivity index (χ3n) is 3.99. The molecule has 19 heavy (non-hydrogen) atoms. The van der Waals surface area contributed by atoms with Gasteiger partial charge in [-0.2, -0.15) is 0 Å². The van der Waals surface area contributed by atoms with Gasteiger partial charge in [0.15, 0.2) is 5.96 Å². The maximum absolute atomic E-state index is 5.02. The van der Waals surface area contributed by atoms with E-state index in [0.29, 0.717) is 12.0 Å². The number of nitrogens with one attached hydrogen (secondary N) is 2. The first-order valence-corrected chi connectivity index (χ1v) is 7.03. The zero-order chi connectivity index (χ0) is 13.4. The second-order valence-electron chi connectivity index (χ2n) is 5.82. The van der Waals surface area contributed by atoms with Crippen LogP contribution in [0.3, 0.4) is 0 Å². The normalized spacial score (nSPS) is 17.2. The molecule has 0 unspecified atom stereocenters. The maximum atomic E-state index is 5.02. The third-order valence-corrected chi connectivity index (χ3v) is 3.99. The molecule has 1 rings (SSSR count). The molecule has 0 atom stereocenters. The van der Waals surface area contributed by atoms with Crippen molar-refractivity contribution in [2.24, 2.45) is 16.3 Å². The highest BCUT2D eigenvalue weighted by molar-refractivity contribution is 14.0. The van der Waals surface area contributed by atoms with Crippen LogP contribution >= 0.6 is 24.0 Å². The van der Waals surface area contributed by atoms with Gasteiger partial charge in [0.25, 0.3) is 0 Å². The monoisotopic (exact) mass is 383 g/mol. The summed E-state index contributed by atoms with van der Waals surface area (Å²) in [5.41, 5.74) is 0.343. The lowest BCUT2D eigenvalue weighted by molar-refractivity contribution is 0.202. The van der Waals surface area contributed by atoms with Gasteiger partial charge >= 0.3 is 0 Å². The molecule has 0 aromatic carbocycles. The number of methoxy groups -OCH3 is 1. The van der Waals surface area contributed by atoms with E-state index in [-0.39, 0.29) is 24.0 Å². The van der Waals surface area contributed by atoms with Gasteiger partial charge in [0.05, 0.1) is 6.61 Å². The van der Waals surface area contributed by atoms with E-state index in [2.05, 4.69) is 29.5 Å². The van der Waals surface area contributed by atoms with E-state index in [4.69, 9.17) is 4.74 Å². The molecule has 1 saturated carbocycles. The summed E-state index contributed by atoms with van der Waals surface area (Å²) >= 11 is 0. The molecular weight excluding hydrogens is 353 g/mol. The Hall–Kier alpha value is -0.0400. The molecule has 2 N–H and O–H groups in total. The standard InChI is InChI=1S/C14H29N3O.HI/c1-14(2,12-7-5-6-8-12)11-17-13(15-3)16-9-10-18-4;/h12H,5-11H2,1-4H3,(H2,15,16,17);1H. The molecule has 0 bridgehead atoms. The first-order valence-electron chi connectivity index (χ1n) is 7.03. The lowest BCUT2D eigenvalue weighted by Crippen LogP contribution is -2.44. The Morgan fingerprint density at radius 2 is 1.89 bits per heavy atom. The smallest absolute Gasteiger partial charge is 0.191 e. The average Bonchev–Trinajstić information content (AvgIpc) is 2.88. The number of hydrogen-bond acceptors (Lipinski definition) is 2.